The summed E-state index contributed by atoms with van der Waals surface area (Å²) in [5, 5.41) is 9.55. The van der Waals surface area contributed by atoms with E-state index in [0.717, 1.165) is 27.6 Å². The average molecular weight is 655 g/mol. The lowest BCUT2D eigenvalue weighted by molar-refractivity contribution is 0.838. The van der Waals surface area contributed by atoms with Gasteiger partial charge in [-0.3, -0.25) is 0 Å². The van der Waals surface area contributed by atoms with Crippen LogP contribution in [0.4, 0.5) is 0 Å². The maximum Gasteiger partial charge on any atom is 0.146 e. The predicted molar refractivity (Wildman–Crippen MR) is 217 cm³/mol. The molecule has 0 aliphatic heterocycles. The molecule has 0 aliphatic rings. The lowest BCUT2D eigenvalue weighted by Crippen LogP contribution is -2.43. The molecular formula is C46H46Si2. The molecule has 0 saturated heterocycles. The summed E-state index contributed by atoms with van der Waals surface area (Å²) in [7, 11) is -3.36. The third-order valence-electron chi connectivity index (χ3n) is 9.94. The predicted octanol–water partition coefficient (Wildman–Crippen LogP) is 12.5. The number of benzene rings is 6. The van der Waals surface area contributed by atoms with Gasteiger partial charge in [0.05, 0.1) is 0 Å². The van der Waals surface area contributed by atoms with Gasteiger partial charge in [0.25, 0.3) is 0 Å². The molecule has 0 aliphatic carbocycles. The second kappa shape index (κ2) is 13.2. The Labute approximate surface area is 290 Å². The van der Waals surface area contributed by atoms with E-state index in [1.165, 1.54) is 37.7 Å². The van der Waals surface area contributed by atoms with E-state index in [4.69, 9.17) is 0 Å². The van der Waals surface area contributed by atoms with E-state index >= 15 is 0 Å². The minimum absolute atomic E-state index is 0.597. The molecule has 0 heterocycles. The van der Waals surface area contributed by atoms with E-state index in [-0.39, 0.29) is 0 Å². The van der Waals surface area contributed by atoms with Gasteiger partial charge in [-0.05, 0) is 108 Å². The van der Waals surface area contributed by atoms with Crippen LogP contribution >= 0.6 is 0 Å². The molecule has 2 heteroatoms. The SMILES string of the molecule is CC(C)[Si](C#Cc1cccc2cc3cccc(C#Cc4cccc5cc6cccc(C#C[Si](C)(C)C)c6cc45)c3cc12)(C(C)C)C(C)C. The van der Waals surface area contributed by atoms with E-state index in [2.05, 4.69) is 193 Å². The molecule has 0 unspecified atom stereocenters. The second-order valence-electron chi connectivity index (χ2n) is 15.2. The molecule has 0 nitrogen and oxygen atoms in total. The molecule has 6 aromatic carbocycles. The van der Waals surface area contributed by atoms with Crippen LogP contribution in [-0.2, 0) is 0 Å². The van der Waals surface area contributed by atoms with Gasteiger partial charge in [-0.1, -0.05) is 133 Å². The molecule has 0 amide bonds. The van der Waals surface area contributed by atoms with Crippen molar-refractivity contribution in [3.63, 3.8) is 0 Å². The monoisotopic (exact) mass is 654 g/mol. The van der Waals surface area contributed by atoms with Gasteiger partial charge in [0.1, 0.15) is 16.1 Å². The molecule has 0 atom stereocenters. The topological polar surface area (TPSA) is 0 Å². The Hall–Kier alpha value is -4.53. The molecule has 0 aromatic heterocycles. The van der Waals surface area contributed by atoms with Crippen LogP contribution in [-0.4, -0.2) is 16.1 Å². The van der Waals surface area contributed by atoms with Crippen LogP contribution in [0.15, 0.2) is 97.1 Å². The summed E-state index contributed by atoms with van der Waals surface area (Å²) in [5.41, 5.74) is 13.6. The maximum absolute atomic E-state index is 3.95. The highest BCUT2D eigenvalue weighted by Gasteiger charge is 2.41. The van der Waals surface area contributed by atoms with Gasteiger partial charge in [-0.2, -0.15) is 0 Å². The molecule has 0 N–H and O–H groups in total. The highest BCUT2D eigenvalue weighted by Crippen LogP contribution is 2.41. The third kappa shape index (κ3) is 6.47. The van der Waals surface area contributed by atoms with Crippen LogP contribution in [0.1, 0.15) is 63.8 Å². The molecule has 0 spiro atoms. The van der Waals surface area contributed by atoms with Crippen molar-refractivity contribution in [2.75, 3.05) is 0 Å². The summed E-state index contributed by atoms with van der Waals surface area (Å²) in [6.45, 7) is 21.1. The Morgan fingerprint density at radius 3 is 1.02 bits per heavy atom. The molecular weight excluding hydrogens is 609 g/mol. The van der Waals surface area contributed by atoms with E-state index in [1.54, 1.807) is 0 Å². The average Bonchev–Trinajstić information content (AvgIpc) is 3.04. The van der Waals surface area contributed by atoms with E-state index in [0.29, 0.717) is 16.6 Å². The zero-order valence-corrected chi connectivity index (χ0v) is 32.0. The van der Waals surface area contributed by atoms with Crippen molar-refractivity contribution < 1.29 is 0 Å². The second-order valence-corrected chi connectivity index (χ2v) is 25.5. The summed E-state index contributed by atoms with van der Waals surface area (Å²) in [5.74, 6) is 14.4. The molecule has 0 bridgehead atoms. The fraction of sp³-hybridized carbons (Fsp3) is 0.261. The number of fused-ring (bicyclic) bond motifs is 4. The van der Waals surface area contributed by atoms with Crippen LogP contribution < -0.4 is 0 Å². The first-order valence-corrected chi connectivity index (χ1v) is 23.1. The van der Waals surface area contributed by atoms with Gasteiger partial charge in [0.2, 0.25) is 0 Å². The Balaban J connectivity index is 1.49. The van der Waals surface area contributed by atoms with Crippen LogP contribution in [0.3, 0.4) is 0 Å². The first-order valence-electron chi connectivity index (χ1n) is 17.4. The van der Waals surface area contributed by atoms with E-state index < -0.39 is 16.1 Å². The third-order valence-corrected chi connectivity index (χ3v) is 17.1. The summed E-state index contributed by atoms with van der Waals surface area (Å²) >= 11 is 0. The van der Waals surface area contributed by atoms with Gasteiger partial charge in [-0.25, -0.2) is 0 Å². The molecule has 0 fully saturated rings. The molecule has 48 heavy (non-hydrogen) atoms. The van der Waals surface area contributed by atoms with Crippen LogP contribution in [0.5, 0.6) is 0 Å². The van der Waals surface area contributed by atoms with Crippen molar-refractivity contribution in [2.24, 2.45) is 0 Å². The standard InChI is InChI=1S/C46H46Si2/c1-32(2)48(33(3)4,34(5)6)27-25-38-17-13-21-42-29-40-19-11-15-36(44(40)31-46(38)42)23-22-35-14-10-18-39-28-41-20-12-16-37(24-26-47(7,8)9)45(41)30-43(35)39/h10-21,28-34H,1-9H3. The molecule has 238 valence electrons. The number of rotatable bonds is 3. The van der Waals surface area contributed by atoms with Crippen molar-refractivity contribution in [1.29, 1.82) is 0 Å². The van der Waals surface area contributed by atoms with Gasteiger partial charge in [0, 0.05) is 22.3 Å². The van der Waals surface area contributed by atoms with Gasteiger partial charge in [0.15, 0.2) is 0 Å². The zero-order valence-electron chi connectivity index (χ0n) is 30.0. The van der Waals surface area contributed by atoms with Crippen LogP contribution in [0.2, 0.25) is 36.3 Å². The minimum Gasteiger partial charge on any atom is -0.127 e. The van der Waals surface area contributed by atoms with Crippen molar-refractivity contribution in [2.45, 2.75) is 77.8 Å². The van der Waals surface area contributed by atoms with E-state index in [1.807, 2.05) is 0 Å². The lowest BCUT2D eigenvalue weighted by Gasteiger charge is -2.38. The smallest absolute Gasteiger partial charge is 0.127 e. The summed E-state index contributed by atoms with van der Waals surface area (Å²) < 4.78 is 0. The molecule has 6 aromatic rings. The fourth-order valence-corrected chi connectivity index (χ4v) is 13.3. The largest absolute Gasteiger partial charge is 0.146 e. The molecule has 6 rings (SSSR count). The number of hydrogen-bond donors (Lipinski definition) is 0. The van der Waals surface area contributed by atoms with Crippen LogP contribution in [0, 0.1) is 34.8 Å². The van der Waals surface area contributed by atoms with Crippen molar-refractivity contribution in [1.82, 2.24) is 0 Å². The van der Waals surface area contributed by atoms with Crippen LogP contribution in [0.25, 0.3) is 43.1 Å². The number of hydrogen-bond acceptors (Lipinski definition) is 0. The zero-order chi connectivity index (χ0) is 34.2. The maximum atomic E-state index is 3.95. The first-order chi connectivity index (χ1) is 22.9. The van der Waals surface area contributed by atoms with Crippen molar-refractivity contribution in [3.8, 4) is 34.8 Å². The van der Waals surface area contributed by atoms with E-state index in [9.17, 15) is 0 Å². The summed E-state index contributed by atoms with van der Waals surface area (Å²) in [4.78, 5) is 0. The Kier molecular flexibility index (Phi) is 9.16. The normalized spacial score (nSPS) is 11.9. The first kappa shape index (κ1) is 33.4. The molecule has 0 radical (unpaired) electrons. The fourth-order valence-electron chi connectivity index (χ4n) is 7.54. The highest BCUT2D eigenvalue weighted by molar-refractivity contribution is 6.90. The Morgan fingerprint density at radius 1 is 0.396 bits per heavy atom. The quantitative estimate of drug-likeness (QED) is 0.101. The van der Waals surface area contributed by atoms with Gasteiger partial charge < -0.3 is 0 Å². The summed E-state index contributed by atoms with van der Waals surface area (Å²) in [6, 6.07) is 35.1. The van der Waals surface area contributed by atoms with Crippen molar-refractivity contribution in [3.05, 3.63) is 119 Å². The van der Waals surface area contributed by atoms with Crippen molar-refractivity contribution >= 4 is 59.2 Å². The van der Waals surface area contributed by atoms with Gasteiger partial charge in [-0.15, -0.1) is 11.1 Å². The molecule has 0 saturated carbocycles. The summed E-state index contributed by atoms with van der Waals surface area (Å²) in [6.07, 6.45) is 0. The highest BCUT2D eigenvalue weighted by atomic mass is 28.3. The van der Waals surface area contributed by atoms with Gasteiger partial charge >= 0.3 is 0 Å². The lowest BCUT2D eigenvalue weighted by atomic mass is 9.96. The Morgan fingerprint density at radius 2 is 0.708 bits per heavy atom. The Bertz CT molecular complexity index is 2360. The minimum atomic E-state index is -1.86.